The Kier molecular flexibility index (Phi) is 4.51. The number of amides is 3. The molecule has 2 aliphatic rings. The van der Waals surface area contributed by atoms with Crippen molar-refractivity contribution in [2.75, 3.05) is 26.7 Å². The van der Waals surface area contributed by atoms with E-state index < -0.39 is 0 Å². The molecule has 0 bridgehead atoms. The molecule has 3 heterocycles. The van der Waals surface area contributed by atoms with Crippen molar-refractivity contribution in [1.82, 2.24) is 24.9 Å². The van der Waals surface area contributed by atoms with Crippen LogP contribution in [-0.2, 0) is 18.3 Å². The van der Waals surface area contributed by atoms with Gasteiger partial charge in [-0.05, 0) is 38.7 Å². The topological polar surface area (TPSA) is 70.5 Å². The Morgan fingerprint density at radius 3 is 2.75 bits per heavy atom. The number of rotatable bonds is 3. The van der Waals surface area contributed by atoms with E-state index in [-0.39, 0.29) is 23.9 Å². The number of carbonyl (C=O) groups excluding carboxylic acids is 2. The van der Waals surface area contributed by atoms with E-state index in [2.05, 4.69) is 10.4 Å². The molecule has 2 fully saturated rings. The first-order valence-electron chi connectivity index (χ1n) is 8.68. The summed E-state index contributed by atoms with van der Waals surface area (Å²) in [4.78, 5) is 28.3. The second-order valence-electron chi connectivity index (χ2n) is 6.98. The minimum Gasteiger partial charge on any atom is -0.343 e. The van der Waals surface area contributed by atoms with Crippen molar-refractivity contribution >= 4 is 11.9 Å². The molecule has 132 valence electrons. The van der Waals surface area contributed by atoms with Gasteiger partial charge in [0.05, 0.1) is 17.7 Å². The van der Waals surface area contributed by atoms with E-state index in [0.29, 0.717) is 13.1 Å². The fourth-order valence-corrected chi connectivity index (χ4v) is 4.05. The number of nitrogens with one attached hydrogen (secondary N) is 1. The van der Waals surface area contributed by atoms with Crippen LogP contribution in [0.4, 0.5) is 4.79 Å². The highest BCUT2D eigenvalue weighted by atomic mass is 16.2. The summed E-state index contributed by atoms with van der Waals surface area (Å²) in [6, 6.07) is -0.0230. The normalized spacial score (nSPS) is 23.6. The van der Waals surface area contributed by atoms with E-state index >= 15 is 0 Å². The van der Waals surface area contributed by atoms with Gasteiger partial charge in [0.25, 0.3) is 0 Å². The average molecular weight is 333 g/mol. The number of nitrogens with zero attached hydrogens (tertiary/aromatic N) is 4. The van der Waals surface area contributed by atoms with Crippen molar-refractivity contribution in [3.05, 3.63) is 17.0 Å². The molecular formula is C17H27N5O2. The van der Waals surface area contributed by atoms with Crippen molar-refractivity contribution < 1.29 is 9.59 Å². The number of aryl methyl sites for hydroxylation is 2. The SMILES string of the molecule is Cc1nn(C)c(C)c1CCNC(=O)N1CCC[C@H]2C(=O)N(C)C[C@H]21. The quantitative estimate of drug-likeness (QED) is 0.891. The lowest BCUT2D eigenvalue weighted by atomic mass is 9.92. The number of fused-ring (bicyclic) bond motifs is 1. The van der Waals surface area contributed by atoms with Crippen LogP contribution in [0, 0.1) is 19.8 Å². The molecule has 0 saturated carbocycles. The predicted molar refractivity (Wildman–Crippen MR) is 90.6 cm³/mol. The molecule has 7 heteroatoms. The lowest BCUT2D eigenvalue weighted by Crippen LogP contribution is -2.52. The standard InChI is InChI=1S/C17H27N5O2/c1-11-13(12(2)21(4)19-11)7-8-18-17(24)22-9-5-6-14-15(22)10-20(3)16(14)23/h14-15H,5-10H2,1-4H3,(H,18,24)/t14-,15-/m1/s1. The highest BCUT2D eigenvalue weighted by molar-refractivity contribution is 5.84. The minimum absolute atomic E-state index is 0.0164. The Morgan fingerprint density at radius 1 is 1.33 bits per heavy atom. The molecule has 3 amide bonds. The first-order valence-corrected chi connectivity index (χ1v) is 8.68. The van der Waals surface area contributed by atoms with Gasteiger partial charge < -0.3 is 15.1 Å². The molecule has 0 aliphatic carbocycles. The van der Waals surface area contributed by atoms with Gasteiger partial charge in [0, 0.05) is 39.4 Å². The van der Waals surface area contributed by atoms with Crippen LogP contribution in [0.1, 0.15) is 29.8 Å². The van der Waals surface area contributed by atoms with Crippen LogP contribution in [0.2, 0.25) is 0 Å². The van der Waals surface area contributed by atoms with Crippen LogP contribution in [0.5, 0.6) is 0 Å². The van der Waals surface area contributed by atoms with Crippen LogP contribution in [0.25, 0.3) is 0 Å². The average Bonchev–Trinajstić information content (AvgIpc) is 2.97. The lowest BCUT2D eigenvalue weighted by Gasteiger charge is -2.35. The van der Waals surface area contributed by atoms with Gasteiger partial charge >= 0.3 is 6.03 Å². The highest BCUT2D eigenvalue weighted by Gasteiger charge is 2.45. The van der Waals surface area contributed by atoms with Crippen molar-refractivity contribution in [1.29, 1.82) is 0 Å². The Bertz CT molecular complexity index is 654. The molecule has 0 radical (unpaired) electrons. The van der Waals surface area contributed by atoms with Crippen LogP contribution in [0.3, 0.4) is 0 Å². The molecule has 1 N–H and O–H groups in total. The summed E-state index contributed by atoms with van der Waals surface area (Å²) in [5.41, 5.74) is 3.36. The van der Waals surface area contributed by atoms with Crippen molar-refractivity contribution in [2.24, 2.45) is 13.0 Å². The zero-order chi connectivity index (χ0) is 17.4. The number of hydrogen-bond acceptors (Lipinski definition) is 3. The molecule has 0 spiro atoms. The maximum absolute atomic E-state index is 12.6. The summed E-state index contributed by atoms with van der Waals surface area (Å²) in [5, 5.41) is 7.44. The Morgan fingerprint density at radius 2 is 2.08 bits per heavy atom. The molecule has 0 aromatic carbocycles. The Balaban J connectivity index is 1.58. The molecule has 2 saturated heterocycles. The number of urea groups is 1. The smallest absolute Gasteiger partial charge is 0.317 e. The zero-order valence-electron chi connectivity index (χ0n) is 15.0. The summed E-state index contributed by atoms with van der Waals surface area (Å²) < 4.78 is 1.88. The summed E-state index contributed by atoms with van der Waals surface area (Å²) >= 11 is 0. The second kappa shape index (κ2) is 6.45. The molecule has 2 aliphatic heterocycles. The molecular weight excluding hydrogens is 306 g/mol. The molecule has 7 nitrogen and oxygen atoms in total. The van der Waals surface area contributed by atoms with Gasteiger partial charge in [-0.3, -0.25) is 9.48 Å². The minimum atomic E-state index is -0.0491. The summed E-state index contributed by atoms with van der Waals surface area (Å²) in [5.74, 6) is 0.163. The fraction of sp³-hybridized carbons (Fsp3) is 0.706. The lowest BCUT2D eigenvalue weighted by molar-refractivity contribution is -0.130. The number of likely N-dealkylation sites (N-methyl/N-ethyl adjacent to an activating group) is 1. The van der Waals surface area contributed by atoms with E-state index in [1.165, 1.54) is 5.56 Å². The number of carbonyl (C=O) groups is 2. The summed E-state index contributed by atoms with van der Waals surface area (Å²) in [7, 11) is 3.76. The van der Waals surface area contributed by atoms with Gasteiger partial charge in [-0.1, -0.05) is 0 Å². The van der Waals surface area contributed by atoms with Gasteiger partial charge in [-0.25, -0.2) is 4.79 Å². The Hall–Kier alpha value is -2.05. The maximum Gasteiger partial charge on any atom is 0.317 e. The van der Waals surface area contributed by atoms with Gasteiger partial charge in [-0.2, -0.15) is 5.10 Å². The third-order valence-corrected chi connectivity index (χ3v) is 5.50. The zero-order valence-corrected chi connectivity index (χ0v) is 15.0. The molecule has 1 aromatic rings. The number of aromatic nitrogens is 2. The number of likely N-dealkylation sites (tertiary alicyclic amines) is 2. The van der Waals surface area contributed by atoms with Crippen molar-refractivity contribution in [2.45, 2.75) is 39.2 Å². The fourth-order valence-electron chi connectivity index (χ4n) is 4.05. The van der Waals surface area contributed by atoms with Gasteiger partial charge in [-0.15, -0.1) is 0 Å². The van der Waals surface area contributed by atoms with E-state index in [1.807, 2.05) is 37.5 Å². The molecule has 0 unspecified atom stereocenters. The van der Waals surface area contributed by atoms with Crippen LogP contribution in [0.15, 0.2) is 0 Å². The van der Waals surface area contributed by atoms with E-state index in [9.17, 15) is 9.59 Å². The van der Waals surface area contributed by atoms with Crippen LogP contribution in [-0.4, -0.2) is 64.2 Å². The first kappa shape index (κ1) is 16.8. The number of piperidine rings is 1. The van der Waals surface area contributed by atoms with E-state index in [4.69, 9.17) is 0 Å². The maximum atomic E-state index is 12.6. The largest absolute Gasteiger partial charge is 0.343 e. The summed E-state index contributed by atoms with van der Waals surface area (Å²) in [6.07, 6.45) is 2.57. The highest BCUT2D eigenvalue weighted by Crippen LogP contribution is 2.30. The Labute approximate surface area is 143 Å². The van der Waals surface area contributed by atoms with E-state index in [1.54, 1.807) is 4.90 Å². The van der Waals surface area contributed by atoms with Crippen molar-refractivity contribution in [3.8, 4) is 0 Å². The second-order valence-corrected chi connectivity index (χ2v) is 6.98. The molecule has 2 atom stereocenters. The van der Waals surface area contributed by atoms with Crippen molar-refractivity contribution in [3.63, 3.8) is 0 Å². The third-order valence-electron chi connectivity index (χ3n) is 5.50. The van der Waals surface area contributed by atoms with Gasteiger partial charge in [0.2, 0.25) is 5.91 Å². The molecule has 24 heavy (non-hydrogen) atoms. The summed E-state index contributed by atoms with van der Waals surface area (Å²) in [6.45, 7) is 6.02. The van der Waals surface area contributed by atoms with Crippen LogP contribution >= 0.6 is 0 Å². The predicted octanol–water partition coefficient (Wildman–Crippen LogP) is 0.842. The first-order chi connectivity index (χ1) is 11.4. The molecule has 1 aromatic heterocycles. The monoisotopic (exact) mass is 333 g/mol. The molecule has 3 rings (SSSR count). The third kappa shape index (κ3) is 2.87. The van der Waals surface area contributed by atoms with E-state index in [0.717, 1.165) is 37.2 Å². The van der Waals surface area contributed by atoms with Gasteiger partial charge in [0.15, 0.2) is 0 Å². The number of hydrogen-bond donors (Lipinski definition) is 1. The van der Waals surface area contributed by atoms with Crippen LogP contribution < -0.4 is 5.32 Å². The van der Waals surface area contributed by atoms with Gasteiger partial charge in [0.1, 0.15) is 0 Å².